The molecule has 2 aromatic carbocycles. The van der Waals surface area contributed by atoms with Crippen molar-refractivity contribution >= 4 is 23.2 Å². The van der Waals surface area contributed by atoms with E-state index in [-0.39, 0.29) is 11.8 Å². The van der Waals surface area contributed by atoms with Gasteiger partial charge in [-0.15, -0.1) is 0 Å². The SMILES string of the molecule is O=C1NC(c2ccccc2)=C2C(=O)N(CO)C(c3ccccc3)=C12. The molecule has 4 rings (SSSR count). The standard InChI is InChI=1S/C19H14N2O3/c22-11-21-17(13-9-5-2-6-10-13)15-14(19(21)24)16(20-18(15)23)12-7-3-1-4-8-12/h1-10,22H,11H2,(H,20,23). The van der Waals surface area contributed by atoms with Crippen molar-refractivity contribution in [2.75, 3.05) is 6.73 Å². The normalized spacial score (nSPS) is 16.8. The van der Waals surface area contributed by atoms with Gasteiger partial charge >= 0.3 is 0 Å². The highest BCUT2D eigenvalue weighted by Crippen LogP contribution is 2.41. The van der Waals surface area contributed by atoms with E-state index in [1.807, 2.05) is 60.7 Å². The van der Waals surface area contributed by atoms with Crippen molar-refractivity contribution in [1.82, 2.24) is 10.2 Å². The number of nitrogens with zero attached hydrogens (tertiary/aromatic N) is 1. The molecule has 0 aliphatic carbocycles. The van der Waals surface area contributed by atoms with E-state index >= 15 is 0 Å². The summed E-state index contributed by atoms with van der Waals surface area (Å²) in [5, 5.41) is 12.5. The summed E-state index contributed by atoms with van der Waals surface area (Å²) in [7, 11) is 0. The monoisotopic (exact) mass is 318 g/mol. The second-order valence-electron chi connectivity index (χ2n) is 5.53. The van der Waals surface area contributed by atoms with Crippen LogP contribution in [-0.4, -0.2) is 28.6 Å². The Labute approximate surface area is 138 Å². The van der Waals surface area contributed by atoms with Crippen molar-refractivity contribution < 1.29 is 14.7 Å². The van der Waals surface area contributed by atoms with Gasteiger partial charge in [0.1, 0.15) is 6.73 Å². The molecule has 0 fully saturated rings. The maximum atomic E-state index is 12.8. The van der Waals surface area contributed by atoms with Gasteiger partial charge in [0, 0.05) is 0 Å². The number of amides is 2. The lowest BCUT2D eigenvalue weighted by Gasteiger charge is -2.18. The van der Waals surface area contributed by atoms with Crippen LogP contribution in [0.4, 0.5) is 0 Å². The van der Waals surface area contributed by atoms with Crippen LogP contribution in [-0.2, 0) is 9.59 Å². The minimum Gasteiger partial charge on any atom is -0.376 e. The molecule has 5 nitrogen and oxygen atoms in total. The van der Waals surface area contributed by atoms with Crippen LogP contribution >= 0.6 is 0 Å². The number of fused-ring (bicyclic) bond motifs is 1. The lowest BCUT2D eigenvalue weighted by molar-refractivity contribution is -0.125. The number of nitrogens with one attached hydrogen (secondary N) is 1. The molecule has 24 heavy (non-hydrogen) atoms. The molecule has 2 amide bonds. The predicted octanol–water partition coefficient (Wildman–Crippen LogP) is 1.73. The zero-order valence-corrected chi connectivity index (χ0v) is 12.7. The van der Waals surface area contributed by atoms with Crippen LogP contribution in [0.3, 0.4) is 0 Å². The summed E-state index contributed by atoms with van der Waals surface area (Å²) >= 11 is 0. The van der Waals surface area contributed by atoms with Gasteiger partial charge in [0.05, 0.1) is 22.5 Å². The number of hydrogen-bond acceptors (Lipinski definition) is 3. The molecule has 2 heterocycles. The van der Waals surface area contributed by atoms with Crippen molar-refractivity contribution in [3.8, 4) is 0 Å². The summed E-state index contributed by atoms with van der Waals surface area (Å²) in [6.07, 6.45) is 0. The Hall–Kier alpha value is -3.18. The number of rotatable bonds is 3. The Morgan fingerprint density at radius 3 is 2.00 bits per heavy atom. The molecule has 0 spiro atoms. The Morgan fingerprint density at radius 2 is 1.42 bits per heavy atom. The minimum atomic E-state index is -0.481. The lowest BCUT2D eigenvalue weighted by Crippen LogP contribution is -2.28. The number of aliphatic hydroxyl groups is 1. The first-order valence-electron chi connectivity index (χ1n) is 7.56. The summed E-state index contributed by atoms with van der Waals surface area (Å²) in [6, 6.07) is 18.4. The number of aliphatic hydroxyl groups excluding tert-OH is 1. The van der Waals surface area contributed by atoms with Gasteiger partial charge in [-0.25, -0.2) is 0 Å². The minimum absolute atomic E-state index is 0.319. The van der Waals surface area contributed by atoms with E-state index in [9.17, 15) is 14.7 Å². The highest BCUT2D eigenvalue weighted by molar-refractivity contribution is 6.30. The van der Waals surface area contributed by atoms with Crippen LogP contribution < -0.4 is 5.32 Å². The maximum Gasteiger partial charge on any atom is 0.263 e. The lowest BCUT2D eigenvalue weighted by atomic mass is 10.0. The van der Waals surface area contributed by atoms with E-state index in [0.29, 0.717) is 22.5 Å². The van der Waals surface area contributed by atoms with Crippen molar-refractivity contribution in [2.45, 2.75) is 0 Å². The van der Waals surface area contributed by atoms with Gasteiger partial charge in [0.25, 0.3) is 11.8 Å². The topological polar surface area (TPSA) is 69.6 Å². The second-order valence-corrected chi connectivity index (χ2v) is 5.53. The summed E-state index contributed by atoms with van der Waals surface area (Å²) in [4.78, 5) is 26.6. The molecule has 0 bridgehead atoms. The number of benzene rings is 2. The van der Waals surface area contributed by atoms with E-state index in [4.69, 9.17) is 0 Å². The van der Waals surface area contributed by atoms with E-state index in [1.54, 1.807) is 0 Å². The van der Waals surface area contributed by atoms with Crippen molar-refractivity contribution in [1.29, 1.82) is 0 Å². The van der Waals surface area contributed by atoms with Crippen LogP contribution in [0.2, 0.25) is 0 Å². The van der Waals surface area contributed by atoms with Gasteiger partial charge in [-0.1, -0.05) is 60.7 Å². The van der Waals surface area contributed by atoms with E-state index < -0.39 is 6.73 Å². The van der Waals surface area contributed by atoms with Crippen molar-refractivity contribution in [3.05, 3.63) is 82.9 Å². The molecule has 0 saturated heterocycles. The average molecular weight is 318 g/mol. The first kappa shape index (κ1) is 14.4. The third-order valence-corrected chi connectivity index (χ3v) is 4.18. The Kier molecular flexibility index (Phi) is 3.29. The molecule has 5 heteroatoms. The molecule has 0 atom stereocenters. The van der Waals surface area contributed by atoms with Gasteiger partial charge < -0.3 is 10.4 Å². The Balaban J connectivity index is 1.98. The molecule has 2 aromatic rings. The van der Waals surface area contributed by atoms with Gasteiger partial charge in [-0.3, -0.25) is 14.5 Å². The summed E-state index contributed by atoms with van der Waals surface area (Å²) < 4.78 is 0. The van der Waals surface area contributed by atoms with Crippen LogP contribution in [0.25, 0.3) is 11.4 Å². The third-order valence-electron chi connectivity index (χ3n) is 4.18. The summed E-state index contributed by atoms with van der Waals surface area (Å²) in [5.41, 5.74) is 3.05. The largest absolute Gasteiger partial charge is 0.376 e. The molecule has 2 aliphatic heterocycles. The molecule has 118 valence electrons. The van der Waals surface area contributed by atoms with Gasteiger partial charge in [0.15, 0.2) is 0 Å². The van der Waals surface area contributed by atoms with Gasteiger partial charge in [-0.2, -0.15) is 0 Å². The molecule has 0 aromatic heterocycles. The third kappa shape index (κ3) is 1.99. The second kappa shape index (κ2) is 5.47. The first-order chi connectivity index (χ1) is 11.7. The average Bonchev–Trinajstić information content (AvgIpc) is 3.12. The van der Waals surface area contributed by atoms with Crippen LogP contribution in [0.15, 0.2) is 71.8 Å². The molecule has 0 radical (unpaired) electrons. The number of carbonyl (C=O) groups excluding carboxylic acids is 2. The predicted molar refractivity (Wildman–Crippen MR) is 88.8 cm³/mol. The zero-order valence-electron chi connectivity index (χ0n) is 12.7. The molecule has 0 saturated carbocycles. The van der Waals surface area contributed by atoms with Gasteiger partial charge in [0.2, 0.25) is 0 Å². The molecule has 2 N–H and O–H groups in total. The maximum absolute atomic E-state index is 12.8. The number of carbonyl (C=O) groups is 2. The highest BCUT2D eigenvalue weighted by atomic mass is 16.3. The van der Waals surface area contributed by atoms with Crippen LogP contribution in [0.5, 0.6) is 0 Å². The molecule has 0 unspecified atom stereocenters. The van der Waals surface area contributed by atoms with Crippen LogP contribution in [0.1, 0.15) is 11.1 Å². The Morgan fingerprint density at radius 1 is 0.833 bits per heavy atom. The van der Waals surface area contributed by atoms with E-state index in [0.717, 1.165) is 11.1 Å². The van der Waals surface area contributed by atoms with E-state index in [1.165, 1.54) is 4.90 Å². The first-order valence-corrected chi connectivity index (χ1v) is 7.56. The van der Waals surface area contributed by atoms with Crippen molar-refractivity contribution in [2.24, 2.45) is 0 Å². The molecule has 2 aliphatic rings. The fourth-order valence-electron chi connectivity index (χ4n) is 3.14. The number of hydrogen-bond donors (Lipinski definition) is 2. The highest BCUT2D eigenvalue weighted by Gasteiger charge is 2.45. The van der Waals surface area contributed by atoms with E-state index in [2.05, 4.69) is 5.32 Å². The smallest absolute Gasteiger partial charge is 0.263 e. The quantitative estimate of drug-likeness (QED) is 0.905. The van der Waals surface area contributed by atoms with Crippen LogP contribution in [0, 0.1) is 0 Å². The van der Waals surface area contributed by atoms with Crippen molar-refractivity contribution in [3.63, 3.8) is 0 Å². The fraction of sp³-hybridized carbons (Fsp3) is 0.0526. The molecular formula is C19H14N2O3. The summed E-state index contributed by atoms with van der Waals surface area (Å²) in [5.74, 6) is -0.699. The van der Waals surface area contributed by atoms with Gasteiger partial charge in [-0.05, 0) is 11.1 Å². The molecular weight excluding hydrogens is 304 g/mol. The summed E-state index contributed by atoms with van der Waals surface area (Å²) in [6.45, 7) is -0.481. The fourth-order valence-corrected chi connectivity index (χ4v) is 3.14. The zero-order chi connectivity index (χ0) is 16.7. The Bertz CT molecular complexity index is 899.